The van der Waals surface area contributed by atoms with Gasteiger partial charge in [-0.15, -0.1) is 5.10 Å². The number of hydrogen-bond donors (Lipinski definition) is 2. The predicted molar refractivity (Wildman–Crippen MR) is 118 cm³/mol. The lowest BCUT2D eigenvalue weighted by molar-refractivity contribution is -0.923. The number of quaternary nitrogens is 1. The topological polar surface area (TPSA) is 80.9 Å². The smallest absolute Gasteiger partial charge is 0.258 e. The molecule has 1 fully saturated rings. The first kappa shape index (κ1) is 20.7. The highest BCUT2D eigenvalue weighted by Gasteiger charge is 2.34. The summed E-state index contributed by atoms with van der Waals surface area (Å²) in [6.07, 6.45) is 5.90. The molecule has 0 saturated heterocycles. The van der Waals surface area contributed by atoms with Gasteiger partial charge in [-0.05, 0) is 74.2 Å². The van der Waals surface area contributed by atoms with Crippen LogP contribution in [0.2, 0.25) is 0 Å². The van der Waals surface area contributed by atoms with Gasteiger partial charge in [0.2, 0.25) is 5.82 Å². The first-order chi connectivity index (χ1) is 14.5. The van der Waals surface area contributed by atoms with Gasteiger partial charge in [0.15, 0.2) is 6.04 Å². The van der Waals surface area contributed by atoms with Crippen molar-refractivity contribution in [3.8, 4) is 0 Å². The molecule has 160 valence electrons. The van der Waals surface area contributed by atoms with Crippen LogP contribution in [0.15, 0.2) is 23.0 Å². The van der Waals surface area contributed by atoms with Gasteiger partial charge in [0, 0.05) is 10.9 Å². The van der Waals surface area contributed by atoms with Crippen molar-refractivity contribution in [2.24, 2.45) is 0 Å². The quantitative estimate of drug-likeness (QED) is 0.656. The Labute approximate surface area is 177 Å². The zero-order chi connectivity index (χ0) is 21.3. The number of pyridine rings is 1. The van der Waals surface area contributed by atoms with E-state index < -0.39 is 0 Å². The van der Waals surface area contributed by atoms with Gasteiger partial charge < -0.3 is 9.88 Å². The molecule has 2 N–H and O–H groups in total. The van der Waals surface area contributed by atoms with Crippen LogP contribution in [0.3, 0.4) is 0 Å². The van der Waals surface area contributed by atoms with E-state index >= 15 is 0 Å². The Morgan fingerprint density at radius 3 is 2.57 bits per heavy atom. The van der Waals surface area contributed by atoms with Crippen LogP contribution in [0.25, 0.3) is 10.9 Å². The number of aryl methyl sites for hydroxylation is 2. The first-order valence-corrected chi connectivity index (χ1v) is 11.3. The number of benzene rings is 1. The molecule has 7 nitrogen and oxygen atoms in total. The zero-order valence-electron chi connectivity index (χ0n) is 18.5. The number of aromatic nitrogens is 5. The zero-order valence-corrected chi connectivity index (χ0v) is 18.5. The Morgan fingerprint density at radius 2 is 1.87 bits per heavy atom. The Balaban J connectivity index is 1.88. The van der Waals surface area contributed by atoms with E-state index in [2.05, 4.69) is 60.3 Å². The van der Waals surface area contributed by atoms with Gasteiger partial charge >= 0.3 is 0 Å². The van der Waals surface area contributed by atoms with Crippen molar-refractivity contribution in [2.45, 2.75) is 71.9 Å². The molecule has 2 heterocycles. The minimum absolute atomic E-state index is 0.0462. The van der Waals surface area contributed by atoms with Gasteiger partial charge in [0.05, 0.1) is 24.7 Å². The third kappa shape index (κ3) is 3.78. The minimum Gasteiger partial charge on any atom is -0.323 e. The first-order valence-electron chi connectivity index (χ1n) is 11.3. The Kier molecular flexibility index (Phi) is 5.99. The van der Waals surface area contributed by atoms with Crippen molar-refractivity contribution >= 4 is 10.9 Å². The number of rotatable bonds is 6. The summed E-state index contributed by atoms with van der Waals surface area (Å²) in [5, 5.41) is 14.0. The fourth-order valence-electron chi connectivity index (χ4n) is 5.08. The molecule has 0 amide bonds. The maximum absolute atomic E-state index is 13.3. The number of nitrogens with zero attached hydrogens (tertiary/aromatic N) is 4. The molecule has 0 bridgehead atoms. The van der Waals surface area contributed by atoms with E-state index in [0.29, 0.717) is 6.04 Å². The van der Waals surface area contributed by atoms with Crippen molar-refractivity contribution < 1.29 is 4.90 Å². The molecule has 0 spiro atoms. The highest BCUT2D eigenvalue weighted by atomic mass is 16.1. The lowest BCUT2D eigenvalue weighted by atomic mass is 9.95. The fourth-order valence-corrected chi connectivity index (χ4v) is 5.08. The van der Waals surface area contributed by atoms with Gasteiger partial charge in [0.1, 0.15) is 0 Å². The Bertz CT molecular complexity index is 1070. The van der Waals surface area contributed by atoms with Crippen LogP contribution in [0.5, 0.6) is 0 Å². The minimum atomic E-state index is -0.189. The highest BCUT2D eigenvalue weighted by Crippen LogP contribution is 2.30. The maximum atomic E-state index is 13.3. The lowest BCUT2D eigenvalue weighted by Gasteiger charge is -2.28. The van der Waals surface area contributed by atoms with E-state index in [4.69, 9.17) is 0 Å². The van der Waals surface area contributed by atoms with E-state index in [1.165, 1.54) is 29.7 Å². The molecule has 7 heteroatoms. The van der Waals surface area contributed by atoms with E-state index in [-0.39, 0.29) is 11.6 Å². The molecule has 1 atom stereocenters. The molecule has 1 aliphatic rings. The van der Waals surface area contributed by atoms with Gasteiger partial charge in [-0.3, -0.25) is 4.79 Å². The van der Waals surface area contributed by atoms with E-state index in [1.807, 2.05) is 10.7 Å². The van der Waals surface area contributed by atoms with Gasteiger partial charge in [-0.1, -0.05) is 25.3 Å². The average molecular weight is 410 g/mol. The van der Waals surface area contributed by atoms with Crippen LogP contribution in [-0.2, 0) is 0 Å². The summed E-state index contributed by atoms with van der Waals surface area (Å²) in [4.78, 5) is 17.7. The van der Waals surface area contributed by atoms with E-state index in [1.54, 1.807) is 0 Å². The second-order valence-electron chi connectivity index (χ2n) is 8.67. The number of H-pyrrole nitrogens is 1. The van der Waals surface area contributed by atoms with Crippen LogP contribution in [-0.4, -0.2) is 38.3 Å². The molecule has 1 saturated carbocycles. The van der Waals surface area contributed by atoms with E-state index in [0.717, 1.165) is 53.8 Å². The van der Waals surface area contributed by atoms with Crippen LogP contribution < -0.4 is 10.5 Å². The highest BCUT2D eigenvalue weighted by molar-refractivity contribution is 5.83. The summed E-state index contributed by atoms with van der Waals surface area (Å²) in [6.45, 7) is 10.3. The van der Waals surface area contributed by atoms with E-state index in [9.17, 15) is 4.79 Å². The van der Waals surface area contributed by atoms with Crippen molar-refractivity contribution in [3.63, 3.8) is 0 Å². The van der Waals surface area contributed by atoms with Crippen molar-refractivity contribution in [3.05, 3.63) is 51.1 Å². The number of hydrogen-bond acceptors (Lipinski definition) is 4. The van der Waals surface area contributed by atoms with Gasteiger partial charge in [-0.2, -0.15) is 0 Å². The largest absolute Gasteiger partial charge is 0.323 e. The molecule has 1 aliphatic carbocycles. The summed E-state index contributed by atoms with van der Waals surface area (Å²) in [5.41, 5.74) is 3.91. The third-order valence-electron chi connectivity index (χ3n) is 6.67. The second kappa shape index (κ2) is 8.68. The summed E-state index contributed by atoms with van der Waals surface area (Å²) in [6, 6.07) is 6.41. The Hall–Kier alpha value is -2.54. The second-order valence-corrected chi connectivity index (χ2v) is 8.67. The number of fused-ring (bicyclic) bond motifs is 1. The summed E-state index contributed by atoms with van der Waals surface area (Å²) >= 11 is 0. The average Bonchev–Trinajstić information content (AvgIpc) is 3.22. The fraction of sp³-hybridized carbons (Fsp3) is 0.565. The van der Waals surface area contributed by atoms with Crippen LogP contribution >= 0.6 is 0 Å². The number of tetrazole rings is 1. The number of aromatic amines is 1. The van der Waals surface area contributed by atoms with Crippen LogP contribution in [0.4, 0.5) is 0 Å². The van der Waals surface area contributed by atoms with Gasteiger partial charge in [0.25, 0.3) is 5.56 Å². The molecular weight excluding hydrogens is 376 g/mol. The van der Waals surface area contributed by atoms with Crippen molar-refractivity contribution in [1.82, 2.24) is 25.2 Å². The molecule has 0 aliphatic heterocycles. The Morgan fingerprint density at radius 1 is 1.13 bits per heavy atom. The monoisotopic (exact) mass is 409 g/mol. The predicted octanol–water partition coefficient (Wildman–Crippen LogP) is 2.65. The summed E-state index contributed by atoms with van der Waals surface area (Å²) in [5.74, 6) is 0.815. The molecule has 2 aromatic heterocycles. The number of nitrogens with one attached hydrogen (secondary N) is 2. The maximum Gasteiger partial charge on any atom is 0.258 e. The summed E-state index contributed by atoms with van der Waals surface area (Å²) < 4.78 is 2.01. The van der Waals surface area contributed by atoms with Crippen molar-refractivity contribution in [2.75, 3.05) is 13.1 Å². The van der Waals surface area contributed by atoms with Crippen LogP contribution in [0.1, 0.15) is 80.6 Å². The SMILES string of the molecule is CC[NH+](CC)[C@H](c1cc2c(C)cc(C)cc2[nH]c1=O)c1nnnn1C1CCCCC1. The molecular formula is C23H33N6O+. The molecule has 30 heavy (non-hydrogen) atoms. The normalized spacial score (nSPS) is 16.4. The molecule has 0 unspecified atom stereocenters. The summed E-state index contributed by atoms with van der Waals surface area (Å²) in [7, 11) is 0. The third-order valence-corrected chi connectivity index (χ3v) is 6.67. The van der Waals surface area contributed by atoms with Crippen LogP contribution in [0, 0.1) is 13.8 Å². The standard InChI is InChI=1S/C23H32N6O/c1-5-28(6-2)21(22-25-26-27-29(22)17-10-8-7-9-11-17)19-14-18-16(4)12-15(3)13-20(18)24-23(19)30/h12-14,17,21H,5-11H2,1-4H3,(H,24,30)/p+1/t21-/m1/s1. The lowest BCUT2D eigenvalue weighted by Crippen LogP contribution is -3.12. The molecule has 4 rings (SSSR count). The van der Waals surface area contributed by atoms with Crippen molar-refractivity contribution in [1.29, 1.82) is 0 Å². The molecule has 1 aromatic carbocycles. The van der Waals surface area contributed by atoms with Gasteiger partial charge in [-0.25, -0.2) is 4.68 Å². The molecule has 3 aromatic rings. The molecule has 0 radical (unpaired) electrons.